The highest BCUT2D eigenvalue weighted by atomic mass is 16.3. The molecule has 0 bridgehead atoms. The fraction of sp³-hybridized carbons (Fsp3) is 0.471. The first kappa shape index (κ1) is 14.6. The molecule has 0 unspecified atom stereocenters. The highest BCUT2D eigenvalue weighted by Crippen LogP contribution is 2.38. The van der Waals surface area contributed by atoms with E-state index in [0.29, 0.717) is 0 Å². The zero-order valence-corrected chi connectivity index (χ0v) is 13.2. The molecule has 2 aromatic rings. The molecule has 0 aliphatic carbocycles. The minimum atomic E-state index is -0.241. The SMILES string of the molecule is Cc1ccccc1-c1nn(C(C)(C)C)c(O)c1C(C)C. The van der Waals surface area contributed by atoms with Crippen LogP contribution in [0, 0.1) is 6.92 Å². The minimum absolute atomic E-state index is 0.223. The van der Waals surface area contributed by atoms with Crippen molar-refractivity contribution in [3.63, 3.8) is 0 Å². The lowest BCUT2D eigenvalue weighted by molar-refractivity contribution is 0.293. The molecule has 0 atom stereocenters. The summed E-state index contributed by atoms with van der Waals surface area (Å²) < 4.78 is 1.73. The topological polar surface area (TPSA) is 38.0 Å². The summed E-state index contributed by atoms with van der Waals surface area (Å²) in [7, 11) is 0. The van der Waals surface area contributed by atoms with Gasteiger partial charge < -0.3 is 5.11 Å². The molecule has 0 aliphatic rings. The Morgan fingerprint density at radius 3 is 2.25 bits per heavy atom. The molecule has 0 saturated heterocycles. The number of hydrogen-bond donors (Lipinski definition) is 1. The van der Waals surface area contributed by atoms with Crippen LogP contribution in [0.25, 0.3) is 11.3 Å². The summed E-state index contributed by atoms with van der Waals surface area (Å²) in [6, 6.07) is 8.18. The van der Waals surface area contributed by atoms with E-state index in [1.807, 2.05) is 32.9 Å². The maximum absolute atomic E-state index is 10.6. The molecule has 0 spiro atoms. The van der Waals surface area contributed by atoms with Crippen molar-refractivity contribution >= 4 is 0 Å². The lowest BCUT2D eigenvalue weighted by atomic mass is 9.96. The number of hydrogen-bond acceptors (Lipinski definition) is 2. The lowest BCUT2D eigenvalue weighted by Crippen LogP contribution is -2.22. The maximum atomic E-state index is 10.6. The average Bonchev–Trinajstić information content (AvgIpc) is 2.67. The van der Waals surface area contributed by atoms with Gasteiger partial charge in [-0.05, 0) is 39.2 Å². The van der Waals surface area contributed by atoms with Gasteiger partial charge in [-0.1, -0.05) is 38.1 Å². The van der Waals surface area contributed by atoms with Crippen molar-refractivity contribution in [2.24, 2.45) is 0 Å². The summed E-state index contributed by atoms with van der Waals surface area (Å²) in [4.78, 5) is 0. The number of benzene rings is 1. The molecule has 2 rings (SSSR count). The molecule has 3 heteroatoms. The summed E-state index contributed by atoms with van der Waals surface area (Å²) in [5.74, 6) is 0.506. The van der Waals surface area contributed by atoms with Crippen molar-refractivity contribution in [3.05, 3.63) is 35.4 Å². The Hall–Kier alpha value is -1.77. The number of rotatable bonds is 2. The molecule has 0 aliphatic heterocycles. The molecule has 1 aromatic carbocycles. The minimum Gasteiger partial charge on any atom is -0.493 e. The van der Waals surface area contributed by atoms with E-state index in [1.54, 1.807) is 4.68 Å². The first-order valence-electron chi connectivity index (χ1n) is 7.12. The van der Waals surface area contributed by atoms with E-state index in [1.165, 1.54) is 5.56 Å². The van der Waals surface area contributed by atoms with Crippen molar-refractivity contribution < 1.29 is 5.11 Å². The van der Waals surface area contributed by atoms with Crippen molar-refractivity contribution in [1.82, 2.24) is 9.78 Å². The molecule has 1 N–H and O–H groups in total. The number of aryl methyl sites for hydroxylation is 1. The van der Waals surface area contributed by atoms with Gasteiger partial charge in [0.05, 0.1) is 11.2 Å². The summed E-state index contributed by atoms with van der Waals surface area (Å²) in [5, 5.41) is 15.3. The second kappa shape index (κ2) is 4.97. The van der Waals surface area contributed by atoms with Crippen LogP contribution in [0.3, 0.4) is 0 Å². The third-order valence-electron chi connectivity index (χ3n) is 3.51. The van der Waals surface area contributed by atoms with E-state index in [4.69, 9.17) is 5.10 Å². The Morgan fingerprint density at radius 1 is 1.15 bits per heavy atom. The van der Waals surface area contributed by atoms with Crippen LogP contribution in [0.5, 0.6) is 5.88 Å². The van der Waals surface area contributed by atoms with E-state index >= 15 is 0 Å². The van der Waals surface area contributed by atoms with Gasteiger partial charge in [-0.15, -0.1) is 0 Å². The number of aromatic nitrogens is 2. The van der Waals surface area contributed by atoms with Crippen LogP contribution in [-0.4, -0.2) is 14.9 Å². The van der Waals surface area contributed by atoms with Crippen molar-refractivity contribution in [1.29, 1.82) is 0 Å². The van der Waals surface area contributed by atoms with Crippen LogP contribution in [0.1, 0.15) is 51.7 Å². The zero-order valence-electron chi connectivity index (χ0n) is 13.2. The molecule has 0 radical (unpaired) electrons. The average molecular weight is 272 g/mol. The molecular weight excluding hydrogens is 248 g/mol. The van der Waals surface area contributed by atoms with Crippen molar-refractivity contribution in [3.8, 4) is 17.1 Å². The predicted molar refractivity (Wildman–Crippen MR) is 83.1 cm³/mol. The molecule has 1 aromatic heterocycles. The van der Waals surface area contributed by atoms with E-state index in [-0.39, 0.29) is 17.3 Å². The van der Waals surface area contributed by atoms with Crippen LogP contribution >= 0.6 is 0 Å². The van der Waals surface area contributed by atoms with Crippen LogP contribution in [-0.2, 0) is 5.54 Å². The van der Waals surface area contributed by atoms with Gasteiger partial charge in [0.15, 0.2) is 0 Å². The molecule has 0 fully saturated rings. The normalized spacial score (nSPS) is 12.2. The standard InChI is InChI=1S/C17H24N2O/c1-11(2)14-15(13-10-8-7-9-12(13)3)18-19(16(14)20)17(4,5)6/h7-11,20H,1-6H3. The summed E-state index contributed by atoms with van der Waals surface area (Å²) in [6.45, 7) is 12.4. The number of aromatic hydroxyl groups is 1. The monoisotopic (exact) mass is 272 g/mol. The Labute approximate surface area is 121 Å². The first-order valence-corrected chi connectivity index (χ1v) is 7.12. The van der Waals surface area contributed by atoms with Gasteiger partial charge in [-0.3, -0.25) is 0 Å². The molecular formula is C17H24N2O. The van der Waals surface area contributed by atoms with E-state index in [9.17, 15) is 5.11 Å². The Bertz CT molecular complexity index is 618. The fourth-order valence-corrected chi connectivity index (χ4v) is 2.46. The third-order valence-corrected chi connectivity index (χ3v) is 3.51. The van der Waals surface area contributed by atoms with Gasteiger partial charge in [0.25, 0.3) is 0 Å². The second-order valence-electron chi connectivity index (χ2n) is 6.64. The molecule has 3 nitrogen and oxygen atoms in total. The Balaban J connectivity index is 2.74. The van der Waals surface area contributed by atoms with Crippen molar-refractivity contribution in [2.45, 2.75) is 53.0 Å². The Kier molecular flexibility index (Phi) is 3.63. The van der Waals surface area contributed by atoms with Gasteiger partial charge in [0, 0.05) is 11.1 Å². The van der Waals surface area contributed by atoms with Crippen LogP contribution in [0.2, 0.25) is 0 Å². The predicted octanol–water partition coefficient (Wildman–Crippen LogP) is 4.44. The summed E-state index contributed by atoms with van der Waals surface area (Å²) in [6.07, 6.45) is 0. The van der Waals surface area contributed by atoms with Gasteiger partial charge >= 0.3 is 0 Å². The largest absolute Gasteiger partial charge is 0.493 e. The quantitative estimate of drug-likeness (QED) is 0.877. The van der Waals surface area contributed by atoms with Gasteiger partial charge in [-0.25, -0.2) is 4.68 Å². The molecule has 0 amide bonds. The van der Waals surface area contributed by atoms with Gasteiger partial charge in [0.1, 0.15) is 0 Å². The maximum Gasteiger partial charge on any atom is 0.213 e. The molecule has 0 saturated carbocycles. The van der Waals surface area contributed by atoms with E-state index in [2.05, 4.69) is 32.9 Å². The highest BCUT2D eigenvalue weighted by molar-refractivity contribution is 5.69. The van der Waals surface area contributed by atoms with Crippen molar-refractivity contribution in [2.75, 3.05) is 0 Å². The number of nitrogens with zero attached hydrogens (tertiary/aromatic N) is 2. The first-order chi connectivity index (χ1) is 9.23. The zero-order chi connectivity index (χ0) is 15.1. The van der Waals surface area contributed by atoms with E-state index in [0.717, 1.165) is 16.8 Å². The summed E-state index contributed by atoms with van der Waals surface area (Å²) in [5.41, 5.74) is 3.84. The van der Waals surface area contributed by atoms with Crippen LogP contribution < -0.4 is 0 Å². The second-order valence-corrected chi connectivity index (χ2v) is 6.64. The highest BCUT2D eigenvalue weighted by Gasteiger charge is 2.27. The Morgan fingerprint density at radius 2 is 1.75 bits per heavy atom. The van der Waals surface area contributed by atoms with Crippen LogP contribution in [0.4, 0.5) is 0 Å². The van der Waals surface area contributed by atoms with E-state index < -0.39 is 0 Å². The lowest BCUT2D eigenvalue weighted by Gasteiger charge is -2.20. The molecule has 108 valence electrons. The van der Waals surface area contributed by atoms with Gasteiger partial charge in [-0.2, -0.15) is 5.10 Å². The fourth-order valence-electron chi connectivity index (χ4n) is 2.46. The van der Waals surface area contributed by atoms with Gasteiger partial charge in [0.2, 0.25) is 5.88 Å². The smallest absolute Gasteiger partial charge is 0.213 e. The van der Waals surface area contributed by atoms with Crippen LogP contribution in [0.15, 0.2) is 24.3 Å². The molecule has 20 heavy (non-hydrogen) atoms. The summed E-state index contributed by atoms with van der Waals surface area (Å²) >= 11 is 0. The molecule has 1 heterocycles. The third kappa shape index (κ3) is 2.45.